The van der Waals surface area contributed by atoms with Crippen LogP contribution in [0.1, 0.15) is 94.0 Å². The summed E-state index contributed by atoms with van der Waals surface area (Å²) in [7, 11) is -1.82. The molecular weight excluding hydrogens is 719 g/mol. The van der Waals surface area contributed by atoms with Gasteiger partial charge >= 0.3 is 240 Å². The Balaban J connectivity index is 1.70. The quantitative estimate of drug-likeness (QED) is 0.228. The molecule has 1 aliphatic rings. The summed E-state index contributed by atoms with van der Waals surface area (Å²) in [5.74, 6) is 0. The van der Waals surface area contributed by atoms with Gasteiger partial charge in [-0.25, -0.2) is 0 Å². The summed E-state index contributed by atoms with van der Waals surface area (Å²) >= 11 is -2.78. The third kappa shape index (κ3) is 9.00. The molecule has 2 amide bonds. The first kappa shape index (κ1) is 37.4. The van der Waals surface area contributed by atoms with Gasteiger partial charge in [-0.15, -0.1) is 0 Å². The summed E-state index contributed by atoms with van der Waals surface area (Å²) in [6.07, 6.45) is 7.98. The van der Waals surface area contributed by atoms with Crippen LogP contribution in [0, 0.1) is 0 Å². The van der Waals surface area contributed by atoms with Gasteiger partial charge in [-0.05, 0) is 18.1 Å². The summed E-state index contributed by atoms with van der Waals surface area (Å²) in [6, 6.07) is 2.30. The van der Waals surface area contributed by atoms with E-state index in [0.29, 0.717) is 22.8 Å². The van der Waals surface area contributed by atoms with Crippen LogP contribution in [0.25, 0.3) is 22.2 Å². The topological polar surface area (TPSA) is 109 Å². The molecule has 3 aromatic heterocycles. The molecule has 0 aliphatic heterocycles. The van der Waals surface area contributed by atoms with Gasteiger partial charge in [0.1, 0.15) is 0 Å². The third-order valence-electron chi connectivity index (χ3n) is 8.83. The maximum absolute atomic E-state index is 13.5. The first-order chi connectivity index (χ1) is 21.4. The van der Waals surface area contributed by atoms with Gasteiger partial charge in [0, 0.05) is 0 Å². The van der Waals surface area contributed by atoms with Gasteiger partial charge in [0.05, 0.1) is 0 Å². The molecule has 3 aromatic rings. The standard InChI is InChI=1S/C32H47N4O6Si.3CH3.Sn/c1-30(2,3)40-28(37)36(29(38)41-31(4,5)6)25-19-33-26(24-16-17-39-27(24)25)21-18-34-35(20-21)22-12-14-23(15-13-22)42-43(10,11)32(7,8)9;;;;/h16,18-20,22-23H,12-15H2,1-11H3;3*1H3;. The van der Waals surface area contributed by atoms with Crippen LogP contribution in [0.2, 0.25) is 33.0 Å². The number of carbonyl (C=O) groups excluding carboxylic acids is 2. The number of aromatic nitrogens is 3. The number of furan rings is 1. The van der Waals surface area contributed by atoms with E-state index in [4.69, 9.17) is 28.4 Å². The Morgan fingerprint density at radius 2 is 1.47 bits per heavy atom. The zero-order valence-corrected chi connectivity index (χ0v) is 34.9. The van der Waals surface area contributed by atoms with Crippen molar-refractivity contribution in [3.8, 4) is 11.3 Å². The Morgan fingerprint density at radius 1 is 0.915 bits per heavy atom. The monoisotopic (exact) mass is 776 g/mol. The fourth-order valence-electron chi connectivity index (χ4n) is 5.34. The van der Waals surface area contributed by atoms with E-state index in [1.807, 2.05) is 18.5 Å². The Kier molecular flexibility index (Phi) is 10.5. The third-order valence-corrected chi connectivity index (χ3v) is 18.3. The molecule has 0 aromatic carbocycles. The van der Waals surface area contributed by atoms with Crippen molar-refractivity contribution in [2.45, 2.75) is 144 Å². The van der Waals surface area contributed by atoms with Crippen molar-refractivity contribution in [2.75, 3.05) is 4.90 Å². The normalized spacial score (nSPS) is 18.3. The second kappa shape index (κ2) is 13.1. The van der Waals surface area contributed by atoms with Crippen LogP contribution in [0.5, 0.6) is 0 Å². The number of anilines is 1. The van der Waals surface area contributed by atoms with Crippen molar-refractivity contribution < 1.29 is 27.9 Å². The average Bonchev–Trinajstić information content (AvgIpc) is 3.55. The number of rotatable bonds is 6. The number of carbonyl (C=O) groups is 2. The molecule has 0 bridgehead atoms. The van der Waals surface area contributed by atoms with Gasteiger partial charge in [-0.2, -0.15) is 0 Å². The molecule has 260 valence electrons. The van der Waals surface area contributed by atoms with E-state index in [1.165, 1.54) is 6.20 Å². The Labute approximate surface area is 285 Å². The molecule has 10 nitrogen and oxygen atoms in total. The molecule has 1 fully saturated rings. The second-order valence-electron chi connectivity index (χ2n) is 17.4. The molecule has 0 spiro atoms. The van der Waals surface area contributed by atoms with Crippen molar-refractivity contribution in [3.63, 3.8) is 0 Å². The van der Waals surface area contributed by atoms with Crippen molar-refractivity contribution in [1.29, 1.82) is 0 Å². The van der Waals surface area contributed by atoms with Crippen LogP contribution in [0.3, 0.4) is 0 Å². The van der Waals surface area contributed by atoms with Crippen LogP contribution >= 0.6 is 0 Å². The van der Waals surface area contributed by atoms with E-state index >= 15 is 0 Å². The molecule has 0 radical (unpaired) electrons. The summed E-state index contributed by atoms with van der Waals surface area (Å²) < 4.78 is 27.5. The Morgan fingerprint density at radius 3 is 1.96 bits per heavy atom. The fourth-order valence-corrected chi connectivity index (χ4v) is 9.57. The van der Waals surface area contributed by atoms with Gasteiger partial charge in [-0.3, -0.25) is 0 Å². The van der Waals surface area contributed by atoms with E-state index < -0.39 is 50.1 Å². The van der Waals surface area contributed by atoms with Crippen LogP contribution in [0.15, 0.2) is 29.1 Å². The van der Waals surface area contributed by atoms with Gasteiger partial charge in [-0.1, -0.05) is 20.8 Å². The van der Waals surface area contributed by atoms with E-state index in [9.17, 15) is 9.59 Å². The van der Waals surface area contributed by atoms with E-state index in [0.717, 1.165) is 39.9 Å². The van der Waals surface area contributed by atoms with Gasteiger partial charge in [0.2, 0.25) is 0 Å². The Bertz CT molecular complexity index is 1570. The zero-order chi connectivity index (χ0) is 35.3. The van der Waals surface area contributed by atoms with Gasteiger partial charge < -0.3 is 0 Å². The fraction of sp³-hybridized carbons (Fsp3) is 0.657. The maximum atomic E-state index is 13.5. The summed E-state index contributed by atoms with van der Waals surface area (Å²) in [6.45, 7) is 22.0. The number of ether oxygens (including phenoxy) is 2. The number of amides is 2. The van der Waals surface area contributed by atoms with Crippen molar-refractivity contribution >= 4 is 59.3 Å². The van der Waals surface area contributed by atoms with Crippen LogP contribution < -0.4 is 8.68 Å². The predicted octanol–water partition coefficient (Wildman–Crippen LogP) is 9.42. The van der Waals surface area contributed by atoms with Gasteiger partial charge in [0.15, 0.2) is 8.32 Å². The van der Waals surface area contributed by atoms with E-state index in [1.54, 1.807) is 41.5 Å². The molecule has 1 aliphatic carbocycles. The number of hydrogen-bond donors (Lipinski definition) is 0. The van der Waals surface area contributed by atoms with E-state index in [-0.39, 0.29) is 16.8 Å². The molecule has 1 saturated carbocycles. The SMILES string of the molecule is CC(C)(C)OC(=O)N(C(=O)OC(C)(C)C)c1cnc(-c2cnn(C3CCC(O[Si](C)(C)C(C)(C)C)CC3)c2)c2c[c]([Sn]([CH3])([CH3])[CH3])oc12. The number of fused-ring (bicyclic) bond motifs is 1. The zero-order valence-electron chi connectivity index (χ0n) is 31.0. The van der Waals surface area contributed by atoms with Crippen molar-refractivity contribution in [3.05, 3.63) is 24.7 Å². The molecule has 47 heavy (non-hydrogen) atoms. The van der Waals surface area contributed by atoms with Crippen molar-refractivity contribution in [1.82, 2.24) is 14.8 Å². The minimum atomic E-state index is -2.78. The van der Waals surface area contributed by atoms with Crippen LogP contribution in [-0.4, -0.2) is 71.0 Å². The number of nitrogens with zero attached hydrogens (tertiary/aromatic N) is 4. The number of imide groups is 1. The molecule has 4 rings (SSSR count). The Hall–Kier alpha value is -2.38. The molecule has 0 N–H and O–H groups in total. The predicted molar refractivity (Wildman–Crippen MR) is 193 cm³/mol. The number of pyridine rings is 1. The molecule has 0 unspecified atom stereocenters. The molecule has 3 heterocycles. The summed E-state index contributed by atoms with van der Waals surface area (Å²) in [5.41, 5.74) is 0.420. The molecule has 0 atom stereocenters. The molecule has 0 saturated heterocycles. The summed E-state index contributed by atoms with van der Waals surface area (Å²) in [4.78, 5) is 39.6. The van der Waals surface area contributed by atoms with Gasteiger partial charge in [0.25, 0.3) is 0 Å². The first-order valence-electron chi connectivity index (χ1n) is 16.8. The van der Waals surface area contributed by atoms with Crippen LogP contribution in [0.4, 0.5) is 15.3 Å². The van der Waals surface area contributed by atoms with E-state index in [2.05, 4.69) is 53.4 Å². The van der Waals surface area contributed by atoms with Crippen LogP contribution in [-0.2, 0) is 13.9 Å². The minimum absolute atomic E-state index is 0.182. The first-order valence-corrected chi connectivity index (χ1v) is 29.7. The number of hydrogen-bond acceptors (Lipinski definition) is 8. The second-order valence-corrected chi connectivity index (χ2v) is 36.4. The van der Waals surface area contributed by atoms with Crippen molar-refractivity contribution in [2.24, 2.45) is 0 Å². The molecular formula is C35H56N4O6SiSn. The summed E-state index contributed by atoms with van der Waals surface area (Å²) in [5, 5.41) is 5.69. The average molecular weight is 776 g/mol. The molecule has 12 heteroatoms.